The highest BCUT2D eigenvalue weighted by Gasteiger charge is 2.13. The summed E-state index contributed by atoms with van der Waals surface area (Å²) in [5.74, 6) is -3.11. The summed E-state index contributed by atoms with van der Waals surface area (Å²) in [7, 11) is 0. The van der Waals surface area contributed by atoms with Crippen LogP contribution in [0.2, 0.25) is 0 Å². The van der Waals surface area contributed by atoms with Crippen molar-refractivity contribution in [2.24, 2.45) is 15.9 Å². The Labute approximate surface area is 130 Å². The number of nitrogens with two attached hydrogens (primary N) is 1. The van der Waals surface area contributed by atoms with Crippen LogP contribution < -0.4 is 5.73 Å². The largest absolute Gasteiger partial charge is 0.377 e. The highest BCUT2D eigenvalue weighted by Crippen LogP contribution is 2.16. The fraction of sp³-hybridized carbons (Fsp3) is 0.429. The fourth-order valence-electron chi connectivity index (χ4n) is 1.85. The zero-order valence-corrected chi connectivity index (χ0v) is 12.6. The quantitative estimate of drug-likeness (QED) is 0.616. The van der Waals surface area contributed by atoms with Crippen LogP contribution in [-0.2, 0) is 11.3 Å². The van der Waals surface area contributed by atoms with Gasteiger partial charge in [0.1, 0.15) is 0 Å². The molecule has 0 saturated heterocycles. The van der Waals surface area contributed by atoms with Crippen molar-refractivity contribution in [2.45, 2.75) is 25.9 Å². The Kier molecular flexibility index (Phi) is 6.26. The molecule has 1 aromatic rings. The molecule has 1 aromatic carbocycles. The predicted octanol–water partition coefficient (Wildman–Crippen LogP) is 3.21. The van der Waals surface area contributed by atoms with Crippen LogP contribution in [0.15, 0.2) is 22.3 Å². The number of rotatable bonds is 7. The van der Waals surface area contributed by atoms with Crippen LogP contribution in [0, 0.1) is 17.5 Å². The highest BCUT2D eigenvalue weighted by atomic mass is 32.2. The number of thioether (sulfide) groups is 1. The molecule has 0 bridgehead atoms. The Morgan fingerprint density at radius 1 is 1.14 bits per heavy atom. The average molecular weight is 331 g/mol. The van der Waals surface area contributed by atoms with E-state index < -0.39 is 17.5 Å². The van der Waals surface area contributed by atoms with Gasteiger partial charge in [-0.3, -0.25) is 0 Å². The van der Waals surface area contributed by atoms with E-state index in [-0.39, 0.29) is 12.2 Å². The van der Waals surface area contributed by atoms with Crippen LogP contribution in [-0.4, -0.2) is 23.2 Å². The van der Waals surface area contributed by atoms with Crippen molar-refractivity contribution in [1.82, 2.24) is 0 Å². The summed E-state index contributed by atoms with van der Waals surface area (Å²) >= 11 is 1.45. The first-order valence-electron chi connectivity index (χ1n) is 6.79. The Morgan fingerprint density at radius 2 is 1.95 bits per heavy atom. The molecule has 0 unspecified atom stereocenters. The van der Waals surface area contributed by atoms with Crippen LogP contribution in [0.1, 0.15) is 24.8 Å². The molecule has 1 heterocycles. The molecule has 1 aliphatic rings. The zero-order valence-electron chi connectivity index (χ0n) is 11.8. The Balaban J connectivity index is 1.65. The molecule has 0 spiro atoms. The number of unbranched alkanes of at least 4 members (excludes halogenated alkanes) is 1. The van der Waals surface area contributed by atoms with Crippen LogP contribution >= 0.6 is 11.8 Å². The monoisotopic (exact) mass is 331 g/mol. The number of nitrogens with zero attached hydrogens (tertiary/aromatic N) is 2. The lowest BCUT2D eigenvalue weighted by molar-refractivity contribution is 0.114. The molecule has 120 valence electrons. The Morgan fingerprint density at radius 3 is 2.68 bits per heavy atom. The second kappa shape index (κ2) is 8.19. The maximum absolute atomic E-state index is 13.4. The maximum atomic E-state index is 13.4. The number of benzene rings is 1. The summed E-state index contributed by atoms with van der Waals surface area (Å²) in [4.78, 5) is 0. The van der Waals surface area contributed by atoms with Gasteiger partial charge in [0.25, 0.3) is 0 Å². The zero-order chi connectivity index (χ0) is 15.9. The van der Waals surface area contributed by atoms with Crippen molar-refractivity contribution < 1.29 is 17.9 Å². The van der Waals surface area contributed by atoms with Crippen LogP contribution in [0.4, 0.5) is 13.2 Å². The van der Waals surface area contributed by atoms with E-state index in [0.29, 0.717) is 11.8 Å². The summed E-state index contributed by atoms with van der Waals surface area (Å²) in [5, 5.41) is 8.27. The van der Waals surface area contributed by atoms with E-state index in [1.54, 1.807) is 0 Å². The number of amidine groups is 1. The van der Waals surface area contributed by atoms with Gasteiger partial charge in [-0.05, 0) is 25.3 Å². The molecule has 0 atom stereocenters. The number of hydrogen-bond donors (Lipinski definition) is 1. The fourth-order valence-corrected chi connectivity index (χ4v) is 2.46. The average Bonchev–Trinajstić information content (AvgIpc) is 2.52. The molecule has 0 saturated carbocycles. The third kappa shape index (κ3) is 4.74. The molecule has 2 rings (SSSR count). The van der Waals surface area contributed by atoms with E-state index in [2.05, 4.69) is 10.2 Å². The van der Waals surface area contributed by atoms with Gasteiger partial charge in [-0.25, -0.2) is 13.2 Å². The van der Waals surface area contributed by atoms with Crippen molar-refractivity contribution in [2.75, 3.05) is 12.4 Å². The van der Waals surface area contributed by atoms with Crippen LogP contribution in [0.5, 0.6) is 0 Å². The van der Waals surface area contributed by atoms with Gasteiger partial charge in [0.15, 0.2) is 22.6 Å². The normalized spacial score (nSPS) is 14.7. The summed E-state index contributed by atoms with van der Waals surface area (Å²) in [5.41, 5.74) is 6.47. The van der Waals surface area contributed by atoms with Gasteiger partial charge >= 0.3 is 0 Å². The lowest BCUT2D eigenvalue weighted by atomic mass is 10.2. The molecule has 0 amide bonds. The predicted molar refractivity (Wildman–Crippen MR) is 81.3 cm³/mol. The van der Waals surface area contributed by atoms with E-state index in [1.807, 2.05) is 0 Å². The molecule has 0 radical (unpaired) electrons. The second-order valence-corrected chi connectivity index (χ2v) is 5.73. The van der Waals surface area contributed by atoms with E-state index in [1.165, 1.54) is 17.8 Å². The molecule has 0 fully saturated rings. The lowest BCUT2D eigenvalue weighted by Gasteiger charge is -2.09. The van der Waals surface area contributed by atoms with E-state index in [0.717, 1.165) is 36.8 Å². The van der Waals surface area contributed by atoms with Gasteiger partial charge in [0, 0.05) is 17.9 Å². The molecule has 4 nitrogen and oxygen atoms in total. The molecule has 8 heteroatoms. The van der Waals surface area contributed by atoms with Crippen LogP contribution in [0.3, 0.4) is 0 Å². The second-order valence-electron chi connectivity index (χ2n) is 4.74. The number of halogens is 3. The standard InChI is InChI=1S/C14H16F3N3OS/c15-11-5-4-9(12(16)13(11)17)7-21-6-2-1-3-10-8-22-14(18)20-19-10/h4-5H,1-3,6-8H2,(H2,18,20). The molecule has 0 aliphatic carbocycles. The van der Waals surface area contributed by atoms with Crippen LogP contribution in [0.25, 0.3) is 0 Å². The van der Waals surface area contributed by atoms with Crippen molar-refractivity contribution in [1.29, 1.82) is 0 Å². The first-order chi connectivity index (χ1) is 10.6. The van der Waals surface area contributed by atoms with E-state index in [9.17, 15) is 13.2 Å². The molecule has 0 aromatic heterocycles. The molecular weight excluding hydrogens is 315 g/mol. The molecule has 1 aliphatic heterocycles. The lowest BCUT2D eigenvalue weighted by Crippen LogP contribution is -2.15. The Bertz CT molecular complexity index is 593. The van der Waals surface area contributed by atoms with Gasteiger partial charge in [0.2, 0.25) is 0 Å². The molecule has 22 heavy (non-hydrogen) atoms. The summed E-state index contributed by atoms with van der Waals surface area (Å²) in [6.45, 7) is 0.324. The maximum Gasteiger partial charge on any atom is 0.194 e. The van der Waals surface area contributed by atoms with Gasteiger partial charge in [0.05, 0.1) is 12.3 Å². The van der Waals surface area contributed by atoms with E-state index >= 15 is 0 Å². The summed E-state index contributed by atoms with van der Waals surface area (Å²) < 4.78 is 44.4. The van der Waals surface area contributed by atoms with Gasteiger partial charge in [-0.2, -0.15) is 5.10 Å². The summed E-state index contributed by atoms with van der Waals surface area (Å²) in [6, 6.07) is 2.08. The smallest absolute Gasteiger partial charge is 0.194 e. The van der Waals surface area contributed by atoms with Crippen molar-refractivity contribution >= 4 is 22.6 Å². The van der Waals surface area contributed by atoms with E-state index in [4.69, 9.17) is 10.5 Å². The molecular formula is C14H16F3N3OS. The van der Waals surface area contributed by atoms with Gasteiger partial charge < -0.3 is 10.5 Å². The SMILES string of the molecule is NC1=NN=C(CCCCOCc2ccc(F)c(F)c2F)CS1. The summed E-state index contributed by atoms with van der Waals surface area (Å²) in [6.07, 6.45) is 2.41. The van der Waals surface area contributed by atoms with Crippen molar-refractivity contribution in [3.05, 3.63) is 35.1 Å². The minimum absolute atomic E-state index is 0.0109. The third-order valence-corrected chi connectivity index (χ3v) is 3.91. The first kappa shape index (κ1) is 16.8. The number of ether oxygens (including phenoxy) is 1. The van der Waals surface area contributed by atoms with Crippen molar-refractivity contribution in [3.8, 4) is 0 Å². The third-order valence-electron chi connectivity index (χ3n) is 3.05. The highest BCUT2D eigenvalue weighted by molar-refractivity contribution is 8.14. The minimum Gasteiger partial charge on any atom is -0.377 e. The van der Waals surface area contributed by atoms with Gasteiger partial charge in [-0.15, -0.1) is 5.10 Å². The Hall–Kier alpha value is -1.54. The minimum atomic E-state index is -1.46. The van der Waals surface area contributed by atoms with Gasteiger partial charge in [-0.1, -0.05) is 17.8 Å². The first-order valence-corrected chi connectivity index (χ1v) is 7.78. The topological polar surface area (TPSA) is 60.0 Å². The number of hydrogen-bond acceptors (Lipinski definition) is 5. The molecule has 2 N–H and O–H groups in total. The van der Waals surface area contributed by atoms with Crippen molar-refractivity contribution in [3.63, 3.8) is 0 Å².